The fraction of sp³-hybridized carbons (Fsp3) is 0.190. The molecule has 27 heavy (non-hydrogen) atoms. The predicted molar refractivity (Wildman–Crippen MR) is 108 cm³/mol. The van der Waals surface area contributed by atoms with E-state index >= 15 is 0 Å². The van der Waals surface area contributed by atoms with Gasteiger partial charge in [-0.05, 0) is 50.1 Å². The monoisotopic (exact) mass is 378 g/mol. The Morgan fingerprint density at radius 1 is 0.963 bits per heavy atom. The molecule has 0 fully saturated rings. The first-order chi connectivity index (χ1) is 13.1. The Kier molecular flexibility index (Phi) is 4.77. The number of aryl methyl sites for hydroxylation is 2. The minimum Gasteiger partial charge on any atom is -0.339 e. The van der Waals surface area contributed by atoms with Crippen LogP contribution in [0.4, 0.5) is 23.1 Å². The van der Waals surface area contributed by atoms with E-state index in [-0.39, 0.29) is 5.78 Å². The molecule has 5 nitrogen and oxygen atoms in total. The number of rotatable bonds is 4. The van der Waals surface area contributed by atoms with E-state index in [0.717, 1.165) is 29.9 Å². The van der Waals surface area contributed by atoms with Gasteiger partial charge < -0.3 is 10.6 Å². The van der Waals surface area contributed by atoms with E-state index in [4.69, 9.17) is 11.6 Å². The summed E-state index contributed by atoms with van der Waals surface area (Å²) in [6, 6.07) is 15.4. The van der Waals surface area contributed by atoms with Crippen LogP contribution >= 0.6 is 11.6 Å². The molecule has 0 bridgehead atoms. The smallest absolute Gasteiger partial charge is 0.229 e. The number of fused-ring (bicyclic) bond motifs is 1. The van der Waals surface area contributed by atoms with Gasteiger partial charge in [-0.3, -0.25) is 4.79 Å². The van der Waals surface area contributed by atoms with E-state index in [9.17, 15) is 4.79 Å². The zero-order valence-corrected chi connectivity index (χ0v) is 15.7. The molecule has 4 rings (SSSR count). The van der Waals surface area contributed by atoms with Crippen molar-refractivity contribution in [1.29, 1.82) is 0 Å². The van der Waals surface area contributed by atoms with Crippen LogP contribution in [0.25, 0.3) is 0 Å². The van der Waals surface area contributed by atoms with Crippen molar-refractivity contribution in [3.8, 4) is 0 Å². The third-order valence-corrected chi connectivity index (χ3v) is 4.71. The molecule has 6 heteroatoms. The van der Waals surface area contributed by atoms with Gasteiger partial charge in [-0.1, -0.05) is 35.4 Å². The number of halogens is 1. The van der Waals surface area contributed by atoms with Gasteiger partial charge in [0.15, 0.2) is 5.78 Å². The number of aromatic nitrogens is 2. The van der Waals surface area contributed by atoms with Crippen molar-refractivity contribution in [2.24, 2.45) is 0 Å². The minimum absolute atomic E-state index is 0.0719. The fourth-order valence-corrected chi connectivity index (χ4v) is 3.33. The Bertz CT molecular complexity index is 1000. The molecule has 0 saturated heterocycles. The number of carbonyl (C=O) groups excluding carboxylic acids is 1. The van der Waals surface area contributed by atoms with E-state index in [1.165, 1.54) is 5.56 Å². The van der Waals surface area contributed by atoms with Gasteiger partial charge >= 0.3 is 0 Å². The number of hydrogen-bond acceptors (Lipinski definition) is 5. The molecule has 1 aliphatic rings. The van der Waals surface area contributed by atoms with E-state index in [1.807, 2.05) is 43.3 Å². The molecule has 2 N–H and O–H groups in total. The maximum Gasteiger partial charge on any atom is 0.229 e. The Labute approximate surface area is 162 Å². The second-order valence-electron chi connectivity index (χ2n) is 6.62. The summed E-state index contributed by atoms with van der Waals surface area (Å²) in [5.41, 5.74) is 4.22. The van der Waals surface area contributed by atoms with Crippen LogP contribution in [-0.4, -0.2) is 15.8 Å². The Hall–Kier alpha value is -2.92. The summed E-state index contributed by atoms with van der Waals surface area (Å²) in [5.74, 6) is 1.06. The van der Waals surface area contributed by atoms with Crippen LogP contribution in [0, 0.1) is 6.92 Å². The molecule has 0 saturated carbocycles. The SMILES string of the molecule is Cc1ccc(Nc2nc3c(c(Nc4cccc(Cl)c4)n2)C(=O)CCC3)cc1. The van der Waals surface area contributed by atoms with Gasteiger partial charge in [-0.15, -0.1) is 0 Å². The number of ketones is 1. The predicted octanol–water partition coefficient (Wildman–Crippen LogP) is 5.44. The van der Waals surface area contributed by atoms with E-state index < -0.39 is 0 Å². The van der Waals surface area contributed by atoms with Crippen molar-refractivity contribution in [1.82, 2.24) is 9.97 Å². The molecular weight excluding hydrogens is 360 g/mol. The first-order valence-electron chi connectivity index (χ1n) is 8.89. The average Bonchev–Trinajstić information content (AvgIpc) is 2.64. The lowest BCUT2D eigenvalue weighted by Crippen LogP contribution is -2.17. The zero-order chi connectivity index (χ0) is 18.8. The topological polar surface area (TPSA) is 66.9 Å². The summed E-state index contributed by atoms with van der Waals surface area (Å²) < 4.78 is 0. The van der Waals surface area contributed by atoms with Gasteiger partial charge in [0.1, 0.15) is 5.82 Å². The number of carbonyl (C=O) groups is 1. The molecule has 0 aliphatic heterocycles. The summed E-state index contributed by atoms with van der Waals surface area (Å²) >= 11 is 6.08. The van der Waals surface area contributed by atoms with Crippen molar-refractivity contribution in [3.63, 3.8) is 0 Å². The number of nitrogens with one attached hydrogen (secondary N) is 2. The van der Waals surface area contributed by atoms with Crippen LogP contribution in [0.1, 0.15) is 34.5 Å². The zero-order valence-electron chi connectivity index (χ0n) is 14.9. The van der Waals surface area contributed by atoms with Crippen molar-refractivity contribution in [3.05, 3.63) is 70.4 Å². The fourth-order valence-electron chi connectivity index (χ4n) is 3.14. The second kappa shape index (κ2) is 7.37. The number of hydrogen-bond donors (Lipinski definition) is 2. The highest BCUT2D eigenvalue weighted by Crippen LogP contribution is 2.30. The summed E-state index contributed by atoms with van der Waals surface area (Å²) in [6.07, 6.45) is 2.09. The van der Waals surface area contributed by atoms with Crippen LogP contribution in [0.5, 0.6) is 0 Å². The highest BCUT2D eigenvalue weighted by atomic mass is 35.5. The van der Waals surface area contributed by atoms with Gasteiger partial charge in [-0.25, -0.2) is 4.98 Å². The molecule has 0 unspecified atom stereocenters. The molecule has 0 atom stereocenters. The van der Waals surface area contributed by atoms with Crippen molar-refractivity contribution >= 4 is 40.5 Å². The van der Waals surface area contributed by atoms with Crippen LogP contribution in [0.15, 0.2) is 48.5 Å². The summed E-state index contributed by atoms with van der Waals surface area (Å²) in [6.45, 7) is 2.04. The molecule has 1 aliphatic carbocycles. The Morgan fingerprint density at radius 3 is 2.56 bits per heavy atom. The lowest BCUT2D eigenvalue weighted by atomic mass is 9.95. The third-order valence-electron chi connectivity index (χ3n) is 4.48. The van der Waals surface area contributed by atoms with E-state index in [1.54, 1.807) is 12.1 Å². The molecule has 0 amide bonds. The second-order valence-corrected chi connectivity index (χ2v) is 7.06. The number of anilines is 4. The van der Waals surface area contributed by atoms with Gasteiger partial charge in [0.25, 0.3) is 0 Å². The quantitative estimate of drug-likeness (QED) is 0.632. The number of benzene rings is 2. The van der Waals surface area contributed by atoms with Crippen LogP contribution < -0.4 is 10.6 Å². The normalized spacial score (nSPS) is 13.2. The summed E-state index contributed by atoms with van der Waals surface area (Å²) in [7, 11) is 0. The lowest BCUT2D eigenvalue weighted by molar-refractivity contribution is 0.0972. The van der Waals surface area contributed by atoms with Gasteiger partial charge in [-0.2, -0.15) is 4.98 Å². The minimum atomic E-state index is 0.0719. The van der Waals surface area contributed by atoms with Crippen molar-refractivity contribution in [2.75, 3.05) is 10.6 Å². The van der Waals surface area contributed by atoms with Crippen LogP contribution in [-0.2, 0) is 6.42 Å². The van der Waals surface area contributed by atoms with Gasteiger partial charge in [0, 0.05) is 22.8 Å². The van der Waals surface area contributed by atoms with E-state index in [0.29, 0.717) is 28.8 Å². The molecular formula is C21H19ClN4O. The number of nitrogens with zero attached hydrogens (tertiary/aromatic N) is 2. The van der Waals surface area contributed by atoms with E-state index in [2.05, 4.69) is 20.6 Å². The maximum absolute atomic E-state index is 12.5. The highest BCUT2D eigenvalue weighted by molar-refractivity contribution is 6.30. The summed E-state index contributed by atoms with van der Waals surface area (Å²) in [4.78, 5) is 21.7. The molecule has 2 aromatic carbocycles. The summed E-state index contributed by atoms with van der Waals surface area (Å²) in [5, 5.41) is 7.09. The first-order valence-corrected chi connectivity index (χ1v) is 9.27. The largest absolute Gasteiger partial charge is 0.339 e. The number of Topliss-reactive ketones (excluding diaryl/α,β-unsaturated/α-hetero) is 1. The average molecular weight is 379 g/mol. The molecule has 3 aromatic rings. The highest BCUT2D eigenvalue weighted by Gasteiger charge is 2.24. The lowest BCUT2D eigenvalue weighted by Gasteiger charge is -2.19. The molecule has 0 spiro atoms. The van der Waals surface area contributed by atoms with Gasteiger partial charge in [0.05, 0.1) is 11.3 Å². The standard InChI is InChI=1S/C21H19ClN4O/c1-13-8-10-15(11-9-13)24-21-25-17-6-3-7-18(27)19(17)20(26-21)23-16-5-2-4-14(22)12-16/h2,4-5,8-12H,3,6-7H2,1H3,(H2,23,24,25,26). The molecule has 1 aromatic heterocycles. The third kappa shape index (κ3) is 3.93. The first kappa shape index (κ1) is 17.5. The molecule has 136 valence electrons. The van der Waals surface area contributed by atoms with Crippen molar-refractivity contribution < 1.29 is 4.79 Å². The van der Waals surface area contributed by atoms with Crippen LogP contribution in [0.2, 0.25) is 5.02 Å². The Morgan fingerprint density at radius 2 is 1.78 bits per heavy atom. The molecule has 1 heterocycles. The van der Waals surface area contributed by atoms with Crippen LogP contribution in [0.3, 0.4) is 0 Å². The maximum atomic E-state index is 12.5. The Balaban J connectivity index is 1.73. The van der Waals surface area contributed by atoms with Gasteiger partial charge in [0.2, 0.25) is 5.95 Å². The van der Waals surface area contributed by atoms with Crippen molar-refractivity contribution in [2.45, 2.75) is 26.2 Å². The molecule has 0 radical (unpaired) electrons.